The number of halogens is 4. The standard InChI is InChI=1S/C31H33F4N7O2S/c1-19(41(2)3)24-15-20-16-37-30(39-22-9-7-21(8-10-22)38-23-11-13-36-14-12-23)40-28(20)42(29(24)43)17-25-26(32)5-4-6-27(25)45(44)18-31(33,34)35/h4-10,15-16,23,36,38H,1,11-14,17-18H2,2-3H3,(H,37,39,40). The number of aromatic nitrogens is 3. The van der Waals surface area contributed by atoms with E-state index in [4.69, 9.17) is 0 Å². The molecule has 1 aliphatic rings. The summed E-state index contributed by atoms with van der Waals surface area (Å²) in [5, 5.41) is 10.4. The Labute approximate surface area is 260 Å². The Hall–Kier alpha value is -4.14. The van der Waals surface area contributed by atoms with Crippen LogP contribution in [0.15, 0.2) is 71.0 Å². The molecular weight excluding hydrogens is 610 g/mol. The second kappa shape index (κ2) is 13.5. The lowest BCUT2D eigenvalue weighted by atomic mass is 10.1. The summed E-state index contributed by atoms with van der Waals surface area (Å²) in [6.45, 7) is 5.38. The van der Waals surface area contributed by atoms with Crippen molar-refractivity contribution in [2.45, 2.75) is 36.5 Å². The van der Waals surface area contributed by atoms with E-state index in [9.17, 15) is 22.5 Å². The van der Waals surface area contributed by atoms with Gasteiger partial charge in [-0.1, -0.05) is 12.6 Å². The molecule has 14 heteroatoms. The molecule has 0 radical (unpaired) electrons. The zero-order valence-corrected chi connectivity index (χ0v) is 25.6. The second-order valence-corrected chi connectivity index (χ2v) is 12.4. The lowest BCUT2D eigenvalue weighted by Crippen LogP contribution is -2.35. The molecule has 0 bridgehead atoms. The summed E-state index contributed by atoms with van der Waals surface area (Å²) in [7, 11) is 3.39. The molecule has 5 rings (SSSR count). The van der Waals surface area contributed by atoms with Gasteiger partial charge in [0.2, 0.25) is 11.7 Å². The molecule has 9 nitrogen and oxygen atoms in total. The Morgan fingerprint density at radius 2 is 1.84 bits per heavy atom. The van der Waals surface area contributed by atoms with Crippen LogP contribution >= 0.6 is 0 Å². The minimum absolute atomic E-state index is 0.104. The van der Waals surface area contributed by atoms with Crippen molar-refractivity contribution < 1.29 is 22.1 Å². The minimum atomic E-state index is -4.74. The molecule has 4 aromatic rings. The Morgan fingerprint density at radius 3 is 2.51 bits per heavy atom. The number of pyridine rings is 1. The van der Waals surface area contributed by atoms with E-state index in [1.807, 2.05) is 24.3 Å². The number of fused-ring (bicyclic) bond motifs is 1. The molecule has 2 aromatic heterocycles. The molecule has 238 valence electrons. The normalized spacial score (nSPS) is 14.7. The van der Waals surface area contributed by atoms with Crippen molar-refractivity contribution >= 4 is 45.2 Å². The van der Waals surface area contributed by atoms with Gasteiger partial charge < -0.3 is 25.4 Å². The predicted octanol–water partition coefficient (Wildman–Crippen LogP) is 5.09. The van der Waals surface area contributed by atoms with Gasteiger partial charge in [-0.25, -0.2) is 9.37 Å². The van der Waals surface area contributed by atoms with Crippen molar-refractivity contribution in [3.8, 4) is 0 Å². The third-order valence-electron chi connectivity index (χ3n) is 7.46. The number of anilines is 3. The maximum Gasteiger partial charge on any atom is 0.433 e. The second-order valence-electron chi connectivity index (χ2n) is 11.0. The average Bonchev–Trinajstić information content (AvgIpc) is 2.99. The van der Waals surface area contributed by atoms with Gasteiger partial charge in [0.1, 0.15) is 11.5 Å². The van der Waals surface area contributed by atoms with Crippen LogP contribution in [0.5, 0.6) is 0 Å². The molecule has 0 saturated carbocycles. The molecule has 1 atom stereocenters. The fourth-order valence-corrected chi connectivity index (χ4v) is 6.20. The zero-order valence-electron chi connectivity index (χ0n) is 24.7. The summed E-state index contributed by atoms with van der Waals surface area (Å²) in [5.74, 6) is -2.41. The summed E-state index contributed by atoms with van der Waals surface area (Å²) < 4.78 is 68.3. The summed E-state index contributed by atoms with van der Waals surface area (Å²) in [6.07, 6.45) is -1.19. The fraction of sp³-hybridized carbons (Fsp3) is 0.323. The van der Waals surface area contributed by atoms with Crippen LogP contribution in [0.25, 0.3) is 16.7 Å². The highest BCUT2D eigenvalue weighted by molar-refractivity contribution is 7.91. The van der Waals surface area contributed by atoms with Gasteiger partial charge in [-0.2, -0.15) is 18.2 Å². The summed E-state index contributed by atoms with van der Waals surface area (Å²) in [5.41, 5.74) is 1.37. The lowest BCUT2D eigenvalue weighted by molar-refractivity contribution is -0.106. The molecule has 0 spiro atoms. The highest BCUT2D eigenvalue weighted by atomic mass is 32.2. The first kappa shape index (κ1) is 32.3. The van der Waals surface area contributed by atoms with Gasteiger partial charge in [0, 0.05) is 48.8 Å². The maximum atomic E-state index is 15.2. The van der Waals surface area contributed by atoms with Crippen molar-refractivity contribution in [2.75, 3.05) is 43.6 Å². The first-order valence-corrected chi connectivity index (χ1v) is 15.6. The molecule has 45 heavy (non-hydrogen) atoms. The van der Waals surface area contributed by atoms with Crippen LogP contribution < -0.4 is 21.5 Å². The van der Waals surface area contributed by atoms with Crippen molar-refractivity contribution in [2.24, 2.45) is 0 Å². The summed E-state index contributed by atoms with van der Waals surface area (Å²) >= 11 is -2.61. The van der Waals surface area contributed by atoms with Crippen LogP contribution in [0, 0.1) is 5.82 Å². The molecule has 1 unspecified atom stereocenters. The Morgan fingerprint density at radius 1 is 1.16 bits per heavy atom. The van der Waals surface area contributed by atoms with Gasteiger partial charge in [-0.3, -0.25) is 9.36 Å². The Bertz CT molecular complexity index is 1740. The van der Waals surface area contributed by atoms with Gasteiger partial charge in [0.05, 0.1) is 17.7 Å². The molecule has 2 aromatic carbocycles. The number of rotatable bonds is 10. The van der Waals surface area contributed by atoms with Crippen LogP contribution in [-0.2, 0) is 17.7 Å². The van der Waals surface area contributed by atoms with Crippen molar-refractivity contribution in [1.29, 1.82) is 0 Å². The van der Waals surface area contributed by atoms with Crippen LogP contribution in [0.4, 0.5) is 34.9 Å². The number of piperidine rings is 1. The highest BCUT2D eigenvalue weighted by Crippen LogP contribution is 2.28. The lowest BCUT2D eigenvalue weighted by Gasteiger charge is -2.24. The Balaban J connectivity index is 1.52. The molecule has 3 N–H and O–H groups in total. The number of nitrogens with zero attached hydrogens (tertiary/aromatic N) is 4. The molecule has 3 heterocycles. The van der Waals surface area contributed by atoms with Gasteiger partial charge in [0.25, 0.3) is 5.56 Å². The molecule has 1 aliphatic heterocycles. The van der Waals surface area contributed by atoms with Crippen molar-refractivity contribution in [3.05, 3.63) is 88.6 Å². The molecular formula is C31H33F4N7O2S. The first-order chi connectivity index (χ1) is 21.4. The monoisotopic (exact) mass is 643 g/mol. The third kappa shape index (κ3) is 7.75. The van der Waals surface area contributed by atoms with E-state index < -0.39 is 41.0 Å². The fourth-order valence-electron chi connectivity index (χ4n) is 5.08. The van der Waals surface area contributed by atoms with E-state index >= 15 is 4.39 Å². The van der Waals surface area contributed by atoms with Crippen molar-refractivity contribution in [3.63, 3.8) is 0 Å². The van der Waals surface area contributed by atoms with E-state index in [0.29, 0.717) is 22.8 Å². The van der Waals surface area contributed by atoms with Gasteiger partial charge >= 0.3 is 6.18 Å². The minimum Gasteiger partial charge on any atom is -0.611 e. The van der Waals surface area contributed by atoms with E-state index in [0.717, 1.165) is 42.3 Å². The van der Waals surface area contributed by atoms with Gasteiger partial charge in [-0.05, 0) is 79.6 Å². The molecule has 0 amide bonds. The van der Waals surface area contributed by atoms with Crippen LogP contribution in [0.3, 0.4) is 0 Å². The van der Waals surface area contributed by atoms with E-state index in [2.05, 4.69) is 32.5 Å². The van der Waals surface area contributed by atoms with Gasteiger partial charge in [-0.15, -0.1) is 0 Å². The predicted molar refractivity (Wildman–Crippen MR) is 169 cm³/mol. The molecule has 1 fully saturated rings. The van der Waals surface area contributed by atoms with E-state index in [1.54, 1.807) is 25.1 Å². The van der Waals surface area contributed by atoms with Crippen molar-refractivity contribution in [1.82, 2.24) is 24.8 Å². The highest BCUT2D eigenvalue weighted by Gasteiger charge is 2.37. The number of hydrogen-bond acceptors (Lipinski definition) is 8. The number of hydrogen-bond donors (Lipinski definition) is 3. The zero-order chi connectivity index (χ0) is 32.3. The summed E-state index contributed by atoms with van der Waals surface area (Å²) in [4.78, 5) is 24.0. The SMILES string of the molecule is C=C(c1cc2cnc(Nc3ccc(NC4CCNCC4)cc3)nc2n(Cc2c(F)cccc2[S+]([O-])CC(F)(F)F)c1=O)N(C)C. The molecule has 0 aliphatic carbocycles. The average molecular weight is 644 g/mol. The Kier molecular flexibility index (Phi) is 9.65. The van der Waals surface area contributed by atoms with E-state index in [1.165, 1.54) is 18.3 Å². The number of benzene rings is 2. The molecule has 1 saturated heterocycles. The van der Waals surface area contributed by atoms with Crippen LogP contribution in [0.1, 0.15) is 24.0 Å². The maximum absolute atomic E-state index is 15.2. The van der Waals surface area contributed by atoms with Crippen LogP contribution in [0.2, 0.25) is 0 Å². The largest absolute Gasteiger partial charge is 0.611 e. The van der Waals surface area contributed by atoms with E-state index in [-0.39, 0.29) is 27.6 Å². The first-order valence-electron chi connectivity index (χ1n) is 14.2. The van der Waals surface area contributed by atoms with Gasteiger partial charge in [0.15, 0.2) is 4.90 Å². The smallest absolute Gasteiger partial charge is 0.433 e. The summed E-state index contributed by atoms with van der Waals surface area (Å²) in [6, 6.07) is 12.9. The van der Waals surface area contributed by atoms with Crippen LogP contribution in [-0.4, -0.2) is 69.1 Å². The quantitative estimate of drug-likeness (QED) is 0.162. The topological polar surface area (TPSA) is 110 Å². The number of alkyl halides is 3. The third-order valence-corrected chi connectivity index (χ3v) is 8.92. The number of nitrogens with one attached hydrogen (secondary N) is 3.